The summed E-state index contributed by atoms with van der Waals surface area (Å²) in [5.74, 6) is 2.08. The Bertz CT molecular complexity index is 731. The van der Waals surface area contributed by atoms with Crippen molar-refractivity contribution >= 4 is 17.0 Å². The Morgan fingerprint density at radius 2 is 1.59 bits per heavy atom. The van der Waals surface area contributed by atoms with Gasteiger partial charge in [-0.1, -0.05) is 78.3 Å². The fourth-order valence-corrected chi connectivity index (χ4v) is 4.20. The largest absolute Gasteiger partial charge is 0.460 e. The summed E-state index contributed by atoms with van der Waals surface area (Å²) in [4.78, 5) is 0. The first-order chi connectivity index (χ1) is 10.1. The van der Waals surface area contributed by atoms with Gasteiger partial charge < -0.3 is 4.42 Å². The summed E-state index contributed by atoms with van der Waals surface area (Å²) in [7, 11) is 0. The van der Waals surface area contributed by atoms with Gasteiger partial charge in [0.25, 0.3) is 0 Å². The normalized spacial score (nSPS) is 22.6. The van der Waals surface area contributed by atoms with Gasteiger partial charge in [0, 0.05) is 16.9 Å². The van der Waals surface area contributed by atoms with Crippen molar-refractivity contribution in [3.8, 4) is 0 Å². The van der Waals surface area contributed by atoms with Crippen molar-refractivity contribution in [2.45, 2.75) is 54.4 Å². The quantitative estimate of drug-likeness (QED) is 0.531. The molecule has 1 aliphatic carbocycles. The molecule has 118 valence electrons. The van der Waals surface area contributed by atoms with Crippen molar-refractivity contribution in [3.63, 3.8) is 0 Å². The number of fused-ring (bicyclic) bond motifs is 3. The number of benzene rings is 1. The highest BCUT2D eigenvalue weighted by Gasteiger charge is 2.42. The molecule has 0 aliphatic heterocycles. The highest BCUT2D eigenvalue weighted by Crippen LogP contribution is 2.53. The predicted octanol–water partition coefficient (Wildman–Crippen LogP) is 6.64. The zero-order chi connectivity index (χ0) is 16.3. The standard InChI is InChI=1S/C21H28O/c1-13-16(20(2,3)4)12-15-14-10-8-9-11-17(14)22-19(15)18(13)21(5,6)7/h8-13,18H,1-7H3. The number of hydrogen-bond acceptors (Lipinski definition) is 1. The number of hydrogen-bond donors (Lipinski definition) is 0. The van der Waals surface area contributed by atoms with Crippen LogP contribution in [0.25, 0.3) is 17.0 Å². The lowest BCUT2D eigenvalue weighted by atomic mass is 9.62. The van der Waals surface area contributed by atoms with E-state index in [1.165, 1.54) is 22.3 Å². The SMILES string of the molecule is CC1C(C(C)(C)C)=Cc2c(oc3ccccc23)C1C(C)(C)C. The van der Waals surface area contributed by atoms with Gasteiger partial charge in [-0.15, -0.1) is 0 Å². The molecule has 1 nitrogen and oxygen atoms in total. The Kier molecular flexibility index (Phi) is 3.32. The van der Waals surface area contributed by atoms with Crippen LogP contribution in [0.4, 0.5) is 0 Å². The van der Waals surface area contributed by atoms with Crippen molar-refractivity contribution in [1.82, 2.24) is 0 Å². The fourth-order valence-electron chi connectivity index (χ4n) is 4.20. The molecular weight excluding hydrogens is 268 g/mol. The third-order valence-electron chi connectivity index (χ3n) is 5.03. The Hall–Kier alpha value is -1.50. The average Bonchev–Trinajstić information content (AvgIpc) is 2.72. The van der Waals surface area contributed by atoms with Crippen LogP contribution in [-0.2, 0) is 0 Å². The summed E-state index contributed by atoms with van der Waals surface area (Å²) in [5.41, 5.74) is 4.21. The third kappa shape index (κ3) is 2.31. The smallest absolute Gasteiger partial charge is 0.134 e. The molecule has 1 aromatic heterocycles. The minimum absolute atomic E-state index is 0.173. The van der Waals surface area contributed by atoms with E-state index >= 15 is 0 Å². The summed E-state index contributed by atoms with van der Waals surface area (Å²) in [6, 6.07) is 8.43. The topological polar surface area (TPSA) is 13.1 Å². The van der Waals surface area contributed by atoms with E-state index in [4.69, 9.17) is 4.42 Å². The van der Waals surface area contributed by atoms with Crippen LogP contribution in [0.5, 0.6) is 0 Å². The van der Waals surface area contributed by atoms with Gasteiger partial charge in [0.1, 0.15) is 11.3 Å². The van der Waals surface area contributed by atoms with Crippen molar-refractivity contribution in [2.24, 2.45) is 16.7 Å². The Morgan fingerprint density at radius 1 is 0.955 bits per heavy atom. The molecule has 0 saturated carbocycles. The predicted molar refractivity (Wildman–Crippen MR) is 95.0 cm³/mol. The molecule has 0 radical (unpaired) electrons. The Morgan fingerprint density at radius 3 is 2.18 bits per heavy atom. The van der Waals surface area contributed by atoms with Gasteiger partial charge in [-0.3, -0.25) is 0 Å². The van der Waals surface area contributed by atoms with Crippen LogP contribution in [0.15, 0.2) is 34.3 Å². The molecule has 0 spiro atoms. The van der Waals surface area contributed by atoms with Gasteiger partial charge in [0.2, 0.25) is 0 Å². The molecule has 0 amide bonds. The number of rotatable bonds is 0. The summed E-state index contributed by atoms with van der Waals surface area (Å²) < 4.78 is 6.32. The third-order valence-corrected chi connectivity index (χ3v) is 5.03. The molecule has 22 heavy (non-hydrogen) atoms. The molecule has 0 fully saturated rings. The Labute approximate surface area is 134 Å². The lowest BCUT2D eigenvalue weighted by Gasteiger charge is -2.42. The van der Waals surface area contributed by atoms with Gasteiger partial charge in [0.15, 0.2) is 0 Å². The first-order valence-electron chi connectivity index (χ1n) is 8.34. The first-order valence-corrected chi connectivity index (χ1v) is 8.34. The van der Waals surface area contributed by atoms with Crippen molar-refractivity contribution in [3.05, 3.63) is 41.2 Å². The van der Waals surface area contributed by atoms with Crippen LogP contribution in [-0.4, -0.2) is 0 Å². The molecule has 2 atom stereocenters. The summed E-state index contributed by atoms with van der Waals surface area (Å²) in [5, 5.41) is 1.25. The van der Waals surface area contributed by atoms with E-state index in [-0.39, 0.29) is 10.8 Å². The number of furan rings is 1. The van der Waals surface area contributed by atoms with Crippen LogP contribution in [0.2, 0.25) is 0 Å². The molecule has 0 bridgehead atoms. The molecule has 3 rings (SSSR count). The van der Waals surface area contributed by atoms with E-state index in [9.17, 15) is 0 Å². The zero-order valence-corrected chi connectivity index (χ0v) is 14.9. The molecule has 1 aliphatic rings. The minimum Gasteiger partial charge on any atom is -0.460 e. The fraction of sp³-hybridized carbons (Fsp3) is 0.524. The first kappa shape index (κ1) is 15.4. The average molecular weight is 296 g/mol. The Balaban J connectivity index is 2.33. The highest BCUT2D eigenvalue weighted by molar-refractivity contribution is 5.90. The summed E-state index contributed by atoms with van der Waals surface area (Å²) in [6.07, 6.45) is 2.40. The van der Waals surface area contributed by atoms with E-state index in [1.54, 1.807) is 0 Å². The molecule has 0 saturated heterocycles. The monoisotopic (exact) mass is 296 g/mol. The van der Waals surface area contributed by atoms with E-state index in [0.717, 1.165) is 5.58 Å². The van der Waals surface area contributed by atoms with E-state index in [2.05, 4.69) is 78.8 Å². The molecule has 2 aromatic rings. The van der Waals surface area contributed by atoms with Gasteiger partial charge in [-0.2, -0.15) is 0 Å². The molecule has 0 N–H and O–H groups in total. The van der Waals surface area contributed by atoms with Crippen molar-refractivity contribution < 1.29 is 4.42 Å². The molecule has 1 heterocycles. The number of allylic oxidation sites excluding steroid dienone is 1. The lowest BCUT2D eigenvalue weighted by Crippen LogP contribution is -2.31. The second kappa shape index (κ2) is 4.75. The van der Waals surface area contributed by atoms with Crippen LogP contribution in [0.3, 0.4) is 0 Å². The summed E-state index contributed by atoms with van der Waals surface area (Å²) in [6.45, 7) is 16.3. The van der Waals surface area contributed by atoms with Gasteiger partial charge in [0.05, 0.1) is 0 Å². The maximum absolute atomic E-state index is 6.32. The molecule has 1 heteroatoms. The molecule has 1 aromatic carbocycles. The molecular formula is C21H28O. The van der Waals surface area contributed by atoms with Gasteiger partial charge in [-0.05, 0) is 22.8 Å². The highest BCUT2D eigenvalue weighted by atomic mass is 16.3. The van der Waals surface area contributed by atoms with Crippen molar-refractivity contribution in [1.29, 1.82) is 0 Å². The summed E-state index contributed by atoms with van der Waals surface area (Å²) >= 11 is 0. The van der Waals surface area contributed by atoms with Crippen LogP contribution in [0, 0.1) is 16.7 Å². The maximum atomic E-state index is 6.32. The van der Waals surface area contributed by atoms with Crippen LogP contribution in [0.1, 0.15) is 65.7 Å². The zero-order valence-electron chi connectivity index (χ0n) is 14.9. The second-order valence-corrected chi connectivity index (χ2v) is 8.86. The molecule has 2 unspecified atom stereocenters. The lowest BCUT2D eigenvalue weighted by molar-refractivity contribution is 0.217. The maximum Gasteiger partial charge on any atom is 0.134 e. The van der Waals surface area contributed by atoms with Crippen molar-refractivity contribution in [2.75, 3.05) is 0 Å². The van der Waals surface area contributed by atoms with Crippen LogP contribution >= 0.6 is 0 Å². The van der Waals surface area contributed by atoms with E-state index < -0.39 is 0 Å². The van der Waals surface area contributed by atoms with Crippen LogP contribution < -0.4 is 0 Å². The minimum atomic E-state index is 0.173. The van der Waals surface area contributed by atoms with E-state index in [0.29, 0.717) is 11.8 Å². The van der Waals surface area contributed by atoms with Gasteiger partial charge in [-0.25, -0.2) is 0 Å². The van der Waals surface area contributed by atoms with E-state index in [1.807, 2.05) is 0 Å². The number of para-hydroxylation sites is 1. The van der Waals surface area contributed by atoms with Gasteiger partial charge >= 0.3 is 0 Å². The second-order valence-electron chi connectivity index (χ2n) is 8.86.